The molecule has 3 N–H and O–H groups in total. The first kappa shape index (κ1) is 14.2. The number of ether oxygens (including phenoxy) is 2. The summed E-state index contributed by atoms with van der Waals surface area (Å²) in [5.41, 5.74) is 6.69. The molecule has 5 nitrogen and oxygen atoms in total. The molecule has 22 heavy (non-hydrogen) atoms. The van der Waals surface area contributed by atoms with Crippen LogP contribution in [0.3, 0.4) is 0 Å². The van der Waals surface area contributed by atoms with Gasteiger partial charge in [-0.25, -0.2) is 4.39 Å². The summed E-state index contributed by atoms with van der Waals surface area (Å²) in [6.07, 6.45) is 0. The Balaban J connectivity index is 1.85. The van der Waals surface area contributed by atoms with Gasteiger partial charge >= 0.3 is 0 Å². The molecule has 0 saturated heterocycles. The number of fused-ring (bicyclic) bond motifs is 1. The quantitative estimate of drug-likeness (QED) is 0.908. The van der Waals surface area contributed by atoms with Crippen LogP contribution in [0.25, 0.3) is 0 Å². The van der Waals surface area contributed by atoms with Gasteiger partial charge in [0.2, 0.25) is 5.91 Å². The number of nitrogens with two attached hydrogens (primary N) is 1. The fourth-order valence-electron chi connectivity index (χ4n) is 2.27. The van der Waals surface area contributed by atoms with Gasteiger partial charge in [-0.05, 0) is 29.8 Å². The Labute approximate surface area is 126 Å². The standard InChI is InChI=1S/C16H15FN2O3/c17-11-3-1-10(2-4-11)15(16(18)20)19-12-5-6-13-14(9-12)22-8-7-21-13/h1-6,9,15,19H,7-8H2,(H2,18,20). The molecule has 0 spiro atoms. The molecular formula is C16H15FN2O3. The van der Waals surface area contributed by atoms with Crippen LogP contribution in [0.15, 0.2) is 42.5 Å². The Morgan fingerprint density at radius 2 is 1.77 bits per heavy atom. The third-order valence-electron chi connectivity index (χ3n) is 3.34. The molecule has 0 fully saturated rings. The molecule has 0 radical (unpaired) electrons. The molecule has 1 atom stereocenters. The molecule has 0 aromatic heterocycles. The zero-order valence-corrected chi connectivity index (χ0v) is 11.7. The van der Waals surface area contributed by atoms with Crippen LogP contribution in [0.1, 0.15) is 11.6 Å². The highest BCUT2D eigenvalue weighted by molar-refractivity contribution is 5.84. The van der Waals surface area contributed by atoms with Crippen LogP contribution in [0, 0.1) is 5.82 Å². The molecule has 3 rings (SSSR count). The first-order valence-corrected chi connectivity index (χ1v) is 6.84. The largest absolute Gasteiger partial charge is 0.486 e. The molecule has 1 aliphatic heterocycles. The number of carbonyl (C=O) groups excluding carboxylic acids is 1. The number of benzene rings is 2. The van der Waals surface area contributed by atoms with E-state index in [4.69, 9.17) is 15.2 Å². The summed E-state index contributed by atoms with van der Waals surface area (Å²) in [6.45, 7) is 0.993. The van der Waals surface area contributed by atoms with Gasteiger partial charge in [0, 0.05) is 11.8 Å². The van der Waals surface area contributed by atoms with E-state index in [9.17, 15) is 9.18 Å². The fourth-order valence-corrected chi connectivity index (χ4v) is 2.27. The van der Waals surface area contributed by atoms with Crippen molar-refractivity contribution in [3.8, 4) is 11.5 Å². The predicted molar refractivity (Wildman–Crippen MR) is 79.4 cm³/mol. The number of primary amides is 1. The number of anilines is 1. The molecule has 6 heteroatoms. The minimum Gasteiger partial charge on any atom is -0.486 e. The lowest BCUT2D eigenvalue weighted by atomic mass is 10.1. The van der Waals surface area contributed by atoms with Crippen LogP contribution in [0.2, 0.25) is 0 Å². The topological polar surface area (TPSA) is 73.6 Å². The van der Waals surface area contributed by atoms with Crippen molar-refractivity contribution in [1.29, 1.82) is 0 Å². The minimum atomic E-state index is -0.761. The van der Waals surface area contributed by atoms with Crippen LogP contribution < -0.4 is 20.5 Å². The average molecular weight is 302 g/mol. The van der Waals surface area contributed by atoms with E-state index in [0.29, 0.717) is 36.0 Å². The van der Waals surface area contributed by atoms with E-state index in [0.717, 1.165) is 0 Å². The minimum absolute atomic E-state index is 0.369. The number of carbonyl (C=O) groups is 1. The van der Waals surface area contributed by atoms with Crippen molar-refractivity contribution in [3.05, 3.63) is 53.8 Å². The van der Waals surface area contributed by atoms with Crippen molar-refractivity contribution in [1.82, 2.24) is 0 Å². The number of rotatable bonds is 4. The summed E-state index contributed by atoms with van der Waals surface area (Å²) >= 11 is 0. The molecular weight excluding hydrogens is 287 g/mol. The Kier molecular flexibility index (Phi) is 3.82. The molecule has 0 aliphatic carbocycles. The van der Waals surface area contributed by atoms with Gasteiger partial charge in [0.15, 0.2) is 11.5 Å². The van der Waals surface area contributed by atoms with E-state index in [2.05, 4.69) is 5.32 Å². The van der Waals surface area contributed by atoms with E-state index in [1.807, 2.05) is 0 Å². The molecule has 1 amide bonds. The SMILES string of the molecule is NC(=O)C(Nc1ccc2c(c1)OCCO2)c1ccc(F)cc1. The van der Waals surface area contributed by atoms with Crippen LogP contribution in [0.4, 0.5) is 10.1 Å². The molecule has 1 heterocycles. The van der Waals surface area contributed by atoms with Crippen LogP contribution in [-0.2, 0) is 4.79 Å². The maximum Gasteiger partial charge on any atom is 0.244 e. The Morgan fingerprint density at radius 3 is 2.45 bits per heavy atom. The van der Waals surface area contributed by atoms with Gasteiger partial charge < -0.3 is 20.5 Å². The van der Waals surface area contributed by atoms with Crippen LogP contribution in [0.5, 0.6) is 11.5 Å². The number of hydrogen-bond donors (Lipinski definition) is 2. The first-order chi connectivity index (χ1) is 10.6. The lowest BCUT2D eigenvalue weighted by Gasteiger charge is -2.21. The maximum atomic E-state index is 13.0. The molecule has 1 unspecified atom stereocenters. The van der Waals surface area contributed by atoms with Crippen molar-refractivity contribution in [2.75, 3.05) is 18.5 Å². The van der Waals surface area contributed by atoms with Gasteiger partial charge in [0.25, 0.3) is 0 Å². The third-order valence-corrected chi connectivity index (χ3v) is 3.34. The highest BCUT2D eigenvalue weighted by Crippen LogP contribution is 2.33. The van der Waals surface area contributed by atoms with Crippen molar-refractivity contribution in [3.63, 3.8) is 0 Å². The second-order valence-corrected chi connectivity index (χ2v) is 4.89. The number of nitrogens with one attached hydrogen (secondary N) is 1. The summed E-state index contributed by atoms with van der Waals surface area (Å²) in [4.78, 5) is 11.7. The van der Waals surface area contributed by atoms with E-state index < -0.39 is 11.9 Å². The van der Waals surface area contributed by atoms with Crippen molar-refractivity contribution in [2.45, 2.75) is 6.04 Å². The van der Waals surface area contributed by atoms with Crippen LogP contribution in [-0.4, -0.2) is 19.1 Å². The first-order valence-electron chi connectivity index (χ1n) is 6.84. The summed E-state index contributed by atoms with van der Waals surface area (Å²) in [7, 11) is 0. The summed E-state index contributed by atoms with van der Waals surface area (Å²) < 4.78 is 23.9. The van der Waals surface area contributed by atoms with Gasteiger partial charge in [-0.2, -0.15) is 0 Å². The van der Waals surface area contributed by atoms with E-state index >= 15 is 0 Å². The molecule has 2 aromatic carbocycles. The second kappa shape index (κ2) is 5.93. The highest BCUT2D eigenvalue weighted by atomic mass is 19.1. The molecule has 1 aliphatic rings. The van der Waals surface area contributed by atoms with Crippen molar-refractivity contribution >= 4 is 11.6 Å². The van der Waals surface area contributed by atoms with Gasteiger partial charge in [-0.1, -0.05) is 12.1 Å². The van der Waals surface area contributed by atoms with Gasteiger partial charge in [-0.3, -0.25) is 4.79 Å². The maximum absolute atomic E-state index is 13.0. The third kappa shape index (κ3) is 2.95. The Bertz CT molecular complexity index is 688. The van der Waals surface area contributed by atoms with E-state index in [1.54, 1.807) is 18.2 Å². The smallest absolute Gasteiger partial charge is 0.244 e. The average Bonchev–Trinajstić information content (AvgIpc) is 2.53. The van der Waals surface area contributed by atoms with E-state index in [-0.39, 0.29) is 5.82 Å². The second-order valence-electron chi connectivity index (χ2n) is 4.89. The molecule has 0 saturated carbocycles. The number of halogens is 1. The van der Waals surface area contributed by atoms with Gasteiger partial charge in [-0.15, -0.1) is 0 Å². The number of amides is 1. The zero-order chi connectivity index (χ0) is 15.5. The predicted octanol–water partition coefficient (Wildman–Crippen LogP) is 2.24. The highest BCUT2D eigenvalue weighted by Gasteiger charge is 2.19. The lowest BCUT2D eigenvalue weighted by molar-refractivity contribution is -0.118. The molecule has 2 aromatic rings. The summed E-state index contributed by atoms with van der Waals surface area (Å²) in [6, 6.07) is 10.1. The summed E-state index contributed by atoms with van der Waals surface area (Å²) in [5, 5.41) is 3.03. The van der Waals surface area contributed by atoms with Crippen molar-refractivity contribution < 1.29 is 18.7 Å². The Hall–Kier alpha value is -2.76. The normalized spacial score (nSPS) is 14.2. The fraction of sp³-hybridized carbons (Fsp3) is 0.188. The van der Waals surface area contributed by atoms with Gasteiger partial charge in [0.1, 0.15) is 25.1 Å². The van der Waals surface area contributed by atoms with Gasteiger partial charge in [0.05, 0.1) is 0 Å². The van der Waals surface area contributed by atoms with E-state index in [1.165, 1.54) is 24.3 Å². The molecule has 0 bridgehead atoms. The lowest BCUT2D eigenvalue weighted by Crippen LogP contribution is -2.27. The Morgan fingerprint density at radius 1 is 1.09 bits per heavy atom. The number of hydrogen-bond acceptors (Lipinski definition) is 4. The monoisotopic (exact) mass is 302 g/mol. The zero-order valence-electron chi connectivity index (χ0n) is 11.7. The summed E-state index contributed by atoms with van der Waals surface area (Å²) in [5.74, 6) is 0.348. The van der Waals surface area contributed by atoms with Crippen molar-refractivity contribution in [2.24, 2.45) is 5.73 Å². The van der Waals surface area contributed by atoms with Crippen LogP contribution >= 0.6 is 0 Å². The molecule has 114 valence electrons.